The minimum absolute atomic E-state index is 0.109. The second-order valence-electron chi connectivity index (χ2n) is 5.19. The molecule has 0 atom stereocenters. The Balaban J connectivity index is 1.80. The van der Waals surface area contributed by atoms with Crippen LogP contribution in [0.15, 0.2) is 40.9 Å². The maximum absolute atomic E-state index is 12.3. The van der Waals surface area contributed by atoms with Crippen molar-refractivity contribution in [2.45, 2.75) is 25.7 Å². The first-order valence-corrected chi connectivity index (χ1v) is 7.89. The van der Waals surface area contributed by atoms with Crippen molar-refractivity contribution < 1.29 is 4.79 Å². The molecule has 0 fully saturated rings. The van der Waals surface area contributed by atoms with Gasteiger partial charge >= 0.3 is 0 Å². The average molecular weight is 350 g/mol. The van der Waals surface area contributed by atoms with E-state index < -0.39 is 0 Å². The fourth-order valence-corrected chi connectivity index (χ4v) is 3.12. The number of aryl methyl sites for hydroxylation is 2. The number of benzene rings is 2. The highest BCUT2D eigenvalue weighted by atomic mass is 79.9. The highest BCUT2D eigenvalue weighted by Gasteiger charge is 2.13. The van der Waals surface area contributed by atoms with E-state index >= 15 is 0 Å². The molecule has 3 heteroatoms. The molecular weight excluding hydrogens is 336 g/mol. The van der Waals surface area contributed by atoms with Crippen LogP contribution in [0.3, 0.4) is 0 Å². The number of Topliss-reactive ketones (excluding diaryl/α,β-unsaturated/α-hetero) is 1. The number of hydrogen-bond donors (Lipinski definition) is 0. The summed E-state index contributed by atoms with van der Waals surface area (Å²) in [7, 11) is 0. The number of halogens is 2. The van der Waals surface area contributed by atoms with Crippen LogP contribution in [0.2, 0.25) is 5.02 Å². The molecule has 2 aromatic rings. The summed E-state index contributed by atoms with van der Waals surface area (Å²) in [6.07, 6.45) is 3.98. The van der Waals surface area contributed by atoms with E-state index in [-0.39, 0.29) is 5.78 Å². The smallest absolute Gasteiger partial charge is 0.167 e. The molecule has 0 radical (unpaired) electrons. The van der Waals surface area contributed by atoms with Gasteiger partial charge in [0.25, 0.3) is 0 Å². The van der Waals surface area contributed by atoms with Gasteiger partial charge in [-0.2, -0.15) is 0 Å². The van der Waals surface area contributed by atoms with Gasteiger partial charge in [0.2, 0.25) is 0 Å². The summed E-state index contributed by atoms with van der Waals surface area (Å²) in [5.74, 6) is 0.109. The maximum atomic E-state index is 12.3. The zero-order valence-electron chi connectivity index (χ0n) is 11.0. The summed E-state index contributed by atoms with van der Waals surface area (Å²) in [4.78, 5) is 12.3. The first-order valence-electron chi connectivity index (χ1n) is 6.72. The number of fused-ring (bicyclic) bond motifs is 1. The van der Waals surface area contributed by atoms with Gasteiger partial charge in [0, 0.05) is 16.5 Å². The van der Waals surface area contributed by atoms with Crippen LogP contribution in [0.1, 0.15) is 33.5 Å². The van der Waals surface area contributed by atoms with Crippen LogP contribution in [-0.2, 0) is 19.3 Å². The fourth-order valence-electron chi connectivity index (χ4n) is 2.69. The van der Waals surface area contributed by atoms with E-state index in [9.17, 15) is 4.79 Å². The molecule has 3 rings (SSSR count). The highest BCUT2D eigenvalue weighted by Crippen LogP contribution is 2.25. The minimum Gasteiger partial charge on any atom is -0.294 e. The number of rotatable bonds is 3. The van der Waals surface area contributed by atoms with Gasteiger partial charge in [-0.05, 0) is 64.0 Å². The van der Waals surface area contributed by atoms with Crippen LogP contribution >= 0.6 is 27.5 Å². The minimum atomic E-state index is 0.109. The first-order chi connectivity index (χ1) is 9.63. The third kappa shape index (κ3) is 2.82. The van der Waals surface area contributed by atoms with Crippen LogP contribution in [0, 0.1) is 0 Å². The molecule has 0 spiro atoms. The summed E-state index contributed by atoms with van der Waals surface area (Å²) in [6, 6.07) is 11.8. The molecule has 20 heavy (non-hydrogen) atoms. The molecule has 0 aliphatic heterocycles. The first kappa shape index (κ1) is 13.8. The Bertz CT molecular complexity index is 679. The monoisotopic (exact) mass is 348 g/mol. The molecule has 0 saturated heterocycles. The molecule has 0 N–H and O–H groups in total. The Hall–Kier alpha value is -1.12. The zero-order chi connectivity index (χ0) is 14.1. The molecule has 0 unspecified atom stereocenters. The Labute approximate surface area is 132 Å². The normalized spacial score (nSPS) is 13.3. The second kappa shape index (κ2) is 5.71. The average Bonchev–Trinajstić information content (AvgIpc) is 2.89. The van der Waals surface area contributed by atoms with E-state index in [4.69, 9.17) is 11.6 Å². The van der Waals surface area contributed by atoms with Crippen molar-refractivity contribution in [3.63, 3.8) is 0 Å². The van der Waals surface area contributed by atoms with Crippen molar-refractivity contribution in [2.24, 2.45) is 0 Å². The number of carbonyl (C=O) groups is 1. The Morgan fingerprint density at radius 1 is 1.10 bits per heavy atom. The van der Waals surface area contributed by atoms with Crippen molar-refractivity contribution in [3.05, 3.63) is 68.1 Å². The maximum Gasteiger partial charge on any atom is 0.167 e. The van der Waals surface area contributed by atoms with Crippen LogP contribution in [0.25, 0.3) is 0 Å². The van der Waals surface area contributed by atoms with E-state index in [1.54, 1.807) is 6.07 Å². The summed E-state index contributed by atoms with van der Waals surface area (Å²) in [5.41, 5.74) is 4.60. The van der Waals surface area contributed by atoms with Crippen LogP contribution < -0.4 is 0 Å². The van der Waals surface area contributed by atoms with Gasteiger partial charge in [-0.25, -0.2) is 0 Å². The third-order valence-corrected chi connectivity index (χ3v) is 5.00. The van der Waals surface area contributed by atoms with Gasteiger partial charge < -0.3 is 0 Å². The van der Waals surface area contributed by atoms with E-state index in [0.29, 0.717) is 17.0 Å². The summed E-state index contributed by atoms with van der Waals surface area (Å²) >= 11 is 9.37. The van der Waals surface area contributed by atoms with Crippen LogP contribution in [0.4, 0.5) is 0 Å². The molecule has 1 aliphatic rings. The molecule has 1 nitrogen and oxygen atoms in total. The number of hydrogen-bond acceptors (Lipinski definition) is 1. The molecule has 0 saturated carbocycles. The SMILES string of the molecule is O=C(Cc1ccc2c(c1)CCC2)c1ccc(Br)c(Cl)c1. The van der Waals surface area contributed by atoms with Crippen molar-refractivity contribution in [3.8, 4) is 0 Å². The Morgan fingerprint density at radius 3 is 2.70 bits per heavy atom. The van der Waals surface area contributed by atoms with Crippen molar-refractivity contribution in [2.75, 3.05) is 0 Å². The van der Waals surface area contributed by atoms with Gasteiger partial charge in [-0.15, -0.1) is 0 Å². The van der Waals surface area contributed by atoms with Crippen LogP contribution in [0.5, 0.6) is 0 Å². The topological polar surface area (TPSA) is 17.1 Å². The van der Waals surface area contributed by atoms with Gasteiger partial charge in [-0.3, -0.25) is 4.79 Å². The van der Waals surface area contributed by atoms with E-state index in [1.807, 2.05) is 12.1 Å². The molecule has 2 aromatic carbocycles. The van der Waals surface area contributed by atoms with E-state index in [1.165, 1.54) is 24.0 Å². The molecular formula is C17H14BrClO. The molecule has 0 aromatic heterocycles. The number of carbonyl (C=O) groups excluding carboxylic acids is 1. The molecule has 0 amide bonds. The Morgan fingerprint density at radius 2 is 1.90 bits per heavy atom. The lowest BCUT2D eigenvalue weighted by Gasteiger charge is -2.06. The van der Waals surface area contributed by atoms with Gasteiger partial charge in [0.05, 0.1) is 5.02 Å². The van der Waals surface area contributed by atoms with E-state index in [0.717, 1.165) is 16.5 Å². The van der Waals surface area contributed by atoms with Gasteiger partial charge in [-0.1, -0.05) is 35.9 Å². The molecule has 102 valence electrons. The highest BCUT2D eigenvalue weighted by molar-refractivity contribution is 9.10. The number of ketones is 1. The molecule has 0 bridgehead atoms. The lowest BCUT2D eigenvalue weighted by molar-refractivity contribution is 0.0993. The standard InChI is InChI=1S/C17H14BrClO/c18-15-7-6-14(10-16(15)19)17(20)9-11-4-5-12-2-1-3-13(12)8-11/h4-8,10H,1-3,9H2. The van der Waals surface area contributed by atoms with Gasteiger partial charge in [0.15, 0.2) is 5.78 Å². The van der Waals surface area contributed by atoms with Crippen LogP contribution in [-0.4, -0.2) is 5.78 Å². The lowest BCUT2D eigenvalue weighted by Crippen LogP contribution is -2.04. The second-order valence-corrected chi connectivity index (χ2v) is 6.45. The quantitative estimate of drug-likeness (QED) is 0.711. The largest absolute Gasteiger partial charge is 0.294 e. The van der Waals surface area contributed by atoms with E-state index in [2.05, 4.69) is 34.1 Å². The predicted octanol–water partition coefficient (Wildman–Crippen LogP) is 5.02. The lowest BCUT2D eigenvalue weighted by atomic mass is 10.00. The zero-order valence-corrected chi connectivity index (χ0v) is 13.3. The third-order valence-electron chi connectivity index (χ3n) is 3.77. The van der Waals surface area contributed by atoms with Crippen molar-refractivity contribution >= 4 is 33.3 Å². The van der Waals surface area contributed by atoms with Crippen molar-refractivity contribution in [1.82, 2.24) is 0 Å². The molecule has 0 heterocycles. The summed E-state index contributed by atoms with van der Waals surface area (Å²) < 4.78 is 0.813. The summed E-state index contributed by atoms with van der Waals surface area (Å²) in [5, 5.41) is 0.574. The van der Waals surface area contributed by atoms with Crippen molar-refractivity contribution in [1.29, 1.82) is 0 Å². The molecule has 1 aliphatic carbocycles. The predicted molar refractivity (Wildman–Crippen MR) is 85.7 cm³/mol. The van der Waals surface area contributed by atoms with Gasteiger partial charge in [0.1, 0.15) is 0 Å². The Kier molecular flexibility index (Phi) is 3.95. The fraction of sp³-hybridized carbons (Fsp3) is 0.235. The summed E-state index contributed by atoms with van der Waals surface area (Å²) in [6.45, 7) is 0.